The Morgan fingerprint density at radius 1 is 1.30 bits per heavy atom. The number of aliphatic hydroxyl groups is 1. The van der Waals surface area contributed by atoms with Crippen molar-refractivity contribution < 1.29 is 13.5 Å². The van der Waals surface area contributed by atoms with E-state index < -0.39 is 9.84 Å². The summed E-state index contributed by atoms with van der Waals surface area (Å²) in [5.74, 6) is 2.10. The van der Waals surface area contributed by atoms with Crippen molar-refractivity contribution >= 4 is 9.84 Å². The van der Waals surface area contributed by atoms with Crippen molar-refractivity contribution in [1.82, 2.24) is 14.8 Å². The number of hydrogen-bond donors (Lipinski definition) is 1. The maximum absolute atomic E-state index is 12.0. The zero-order valence-corrected chi connectivity index (χ0v) is 12.3. The molecule has 0 radical (unpaired) electrons. The van der Waals surface area contributed by atoms with Gasteiger partial charge in [0, 0.05) is 26.0 Å². The minimum absolute atomic E-state index is 0.180. The quantitative estimate of drug-likeness (QED) is 0.870. The molecule has 0 saturated carbocycles. The van der Waals surface area contributed by atoms with Gasteiger partial charge in [-0.15, -0.1) is 0 Å². The molecule has 2 atom stereocenters. The van der Waals surface area contributed by atoms with E-state index in [4.69, 9.17) is 0 Å². The van der Waals surface area contributed by atoms with Gasteiger partial charge in [-0.05, 0) is 25.2 Å². The molecule has 20 heavy (non-hydrogen) atoms. The van der Waals surface area contributed by atoms with Gasteiger partial charge in [0.15, 0.2) is 15.7 Å². The van der Waals surface area contributed by atoms with Crippen LogP contribution in [-0.2, 0) is 29.2 Å². The van der Waals surface area contributed by atoms with Crippen LogP contribution in [0.5, 0.6) is 0 Å². The van der Waals surface area contributed by atoms with Crippen molar-refractivity contribution in [2.45, 2.75) is 50.3 Å². The normalized spacial score (nSPS) is 29.1. The van der Waals surface area contributed by atoms with E-state index in [1.807, 2.05) is 4.68 Å². The minimum Gasteiger partial charge on any atom is -0.396 e. The largest absolute Gasteiger partial charge is 0.396 e. The van der Waals surface area contributed by atoms with E-state index in [0.29, 0.717) is 18.0 Å². The van der Waals surface area contributed by atoms with Gasteiger partial charge in [-0.3, -0.25) is 0 Å². The van der Waals surface area contributed by atoms with Crippen LogP contribution >= 0.6 is 0 Å². The Morgan fingerprint density at radius 3 is 2.90 bits per heavy atom. The van der Waals surface area contributed by atoms with E-state index in [0.717, 1.165) is 44.5 Å². The predicted molar refractivity (Wildman–Crippen MR) is 74.0 cm³/mol. The van der Waals surface area contributed by atoms with Gasteiger partial charge in [-0.1, -0.05) is 6.42 Å². The van der Waals surface area contributed by atoms with E-state index in [-0.39, 0.29) is 17.8 Å². The van der Waals surface area contributed by atoms with Crippen LogP contribution in [0.2, 0.25) is 0 Å². The van der Waals surface area contributed by atoms with Gasteiger partial charge in [0.05, 0.1) is 11.0 Å². The molecule has 1 aromatic heterocycles. The molecule has 0 spiro atoms. The molecule has 2 unspecified atom stereocenters. The summed E-state index contributed by atoms with van der Waals surface area (Å²) in [6, 6.07) is 0. The lowest BCUT2D eigenvalue weighted by atomic mass is 9.99. The number of hydrogen-bond acceptors (Lipinski definition) is 5. The number of aliphatic hydroxyl groups excluding tert-OH is 1. The van der Waals surface area contributed by atoms with Crippen molar-refractivity contribution in [2.75, 3.05) is 12.4 Å². The van der Waals surface area contributed by atoms with Crippen LogP contribution in [0.15, 0.2) is 0 Å². The maximum atomic E-state index is 12.0. The number of nitrogens with zero attached hydrogens (tertiary/aromatic N) is 3. The fraction of sp³-hybridized carbons (Fsp3) is 0.846. The highest BCUT2D eigenvalue weighted by molar-refractivity contribution is 7.92. The van der Waals surface area contributed by atoms with Gasteiger partial charge >= 0.3 is 0 Å². The van der Waals surface area contributed by atoms with Crippen LogP contribution in [0, 0.1) is 5.92 Å². The molecular formula is C13H21N3O3S. The Bertz CT molecular complexity index is 582. The molecule has 0 bridgehead atoms. The molecule has 6 nitrogen and oxygen atoms in total. The molecule has 3 rings (SSSR count). The third-order valence-corrected chi connectivity index (χ3v) is 6.67. The summed E-state index contributed by atoms with van der Waals surface area (Å²) in [7, 11) is -2.97. The lowest BCUT2D eigenvalue weighted by Gasteiger charge is -2.20. The second-order valence-corrected chi connectivity index (χ2v) is 8.30. The number of rotatable bonds is 3. The minimum atomic E-state index is -2.97. The van der Waals surface area contributed by atoms with E-state index in [1.165, 1.54) is 0 Å². The number of aromatic nitrogens is 3. The van der Waals surface area contributed by atoms with Crippen molar-refractivity contribution in [3.63, 3.8) is 0 Å². The van der Waals surface area contributed by atoms with Crippen molar-refractivity contribution in [3.05, 3.63) is 11.6 Å². The maximum Gasteiger partial charge on any atom is 0.153 e. The Hall–Kier alpha value is -0.950. The monoisotopic (exact) mass is 299 g/mol. The third-order valence-electron chi connectivity index (χ3n) is 4.39. The first-order valence-corrected chi connectivity index (χ1v) is 9.05. The van der Waals surface area contributed by atoms with Crippen molar-refractivity contribution in [3.8, 4) is 0 Å². The van der Waals surface area contributed by atoms with Crippen LogP contribution in [0.4, 0.5) is 0 Å². The summed E-state index contributed by atoms with van der Waals surface area (Å²) in [4.78, 5) is 4.48. The topological polar surface area (TPSA) is 85.1 Å². The SMILES string of the molecule is O=S1(=O)CCCCC1Cc1nc2n(n1)CCC(CO)C2. The molecule has 1 saturated heterocycles. The Balaban J connectivity index is 1.74. The van der Waals surface area contributed by atoms with Gasteiger partial charge in [0.2, 0.25) is 0 Å². The molecule has 7 heteroatoms. The van der Waals surface area contributed by atoms with Crippen LogP contribution in [0.3, 0.4) is 0 Å². The Labute approximate surface area is 119 Å². The predicted octanol–water partition coefficient (Wildman–Crippen LogP) is 0.343. The molecule has 0 amide bonds. The van der Waals surface area contributed by atoms with Crippen LogP contribution < -0.4 is 0 Å². The molecule has 1 aromatic rings. The zero-order valence-electron chi connectivity index (χ0n) is 11.5. The fourth-order valence-electron chi connectivity index (χ4n) is 3.12. The second-order valence-electron chi connectivity index (χ2n) is 5.90. The summed E-state index contributed by atoms with van der Waals surface area (Å²) < 4.78 is 25.9. The lowest BCUT2D eigenvalue weighted by molar-refractivity contribution is 0.196. The standard InChI is InChI=1S/C13H21N3O3S/c17-9-10-4-5-16-13(7-10)14-12(15-16)8-11-3-1-2-6-20(11,18)19/h10-11,17H,1-9H2. The zero-order chi connectivity index (χ0) is 14.2. The Kier molecular flexibility index (Phi) is 3.81. The number of sulfone groups is 1. The summed E-state index contributed by atoms with van der Waals surface area (Å²) in [6.07, 6.45) is 4.57. The lowest BCUT2D eigenvalue weighted by Crippen LogP contribution is -2.30. The molecule has 2 aliphatic rings. The van der Waals surface area contributed by atoms with Crippen LogP contribution in [-0.4, -0.2) is 45.9 Å². The summed E-state index contributed by atoms with van der Waals surface area (Å²) >= 11 is 0. The van der Waals surface area contributed by atoms with Gasteiger partial charge in [-0.25, -0.2) is 18.1 Å². The molecule has 1 N–H and O–H groups in total. The van der Waals surface area contributed by atoms with E-state index >= 15 is 0 Å². The van der Waals surface area contributed by atoms with Crippen LogP contribution in [0.1, 0.15) is 37.3 Å². The van der Waals surface area contributed by atoms with Gasteiger partial charge in [0.1, 0.15) is 5.82 Å². The average Bonchev–Trinajstić information content (AvgIpc) is 2.82. The highest BCUT2D eigenvalue weighted by atomic mass is 32.2. The molecule has 3 heterocycles. The number of aryl methyl sites for hydroxylation is 1. The average molecular weight is 299 g/mol. The Morgan fingerprint density at radius 2 is 2.15 bits per heavy atom. The second kappa shape index (κ2) is 5.44. The summed E-state index contributed by atoms with van der Waals surface area (Å²) in [5, 5.41) is 13.3. The summed E-state index contributed by atoms with van der Waals surface area (Å²) in [5.41, 5.74) is 0. The van der Waals surface area contributed by atoms with Crippen molar-refractivity contribution in [1.29, 1.82) is 0 Å². The molecule has 2 aliphatic heterocycles. The summed E-state index contributed by atoms with van der Waals surface area (Å²) in [6.45, 7) is 0.949. The van der Waals surface area contributed by atoms with Crippen molar-refractivity contribution in [2.24, 2.45) is 5.92 Å². The molecule has 112 valence electrons. The van der Waals surface area contributed by atoms with Gasteiger partial charge < -0.3 is 5.11 Å². The number of fused-ring (bicyclic) bond motifs is 1. The van der Waals surface area contributed by atoms with E-state index in [9.17, 15) is 13.5 Å². The first kappa shape index (κ1) is 14.0. The highest BCUT2D eigenvalue weighted by Gasteiger charge is 2.31. The highest BCUT2D eigenvalue weighted by Crippen LogP contribution is 2.23. The molecular weight excluding hydrogens is 278 g/mol. The first-order chi connectivity index (χ1) is 9.58. The van der Waals surface area contributed by atoms with E-state index in [1.54, 1.807) is 0 Å². The third kappa shape index (κ3) is 2.74. The molecule has 0 aromatic carbocycles. The fourth-order valence-corrected chi connectivity index (χ4v) is 4.99. The molecule has 0 aliphatic carbocycles. The van der Waals surface area contributed by atoms with Gasteiger partial charge in [-0.2, -0.15) is 5.10 Å². The van der Waals surface area contributed by atoms with Crippen LogP contribution in [0.25, 0.3) is 0 Å². The molecule has 1 fully saturated rings. The first-order valence-electron chi connectivity index (χ1n) is 7.33. The smallest absolute Gasteiger partial charge is 0.153 e. The van der Waals surface area contributed by atoms with E-state index in [2.05, 4.69) is 10.1 Å². The van der Waals surface area contributed by atoms with Gasteiger partial charge in [0.25, 0.3) is 0 Å².